The monoisotopic (exact) mass is 539 g/mol. The van der Waals surface area contributed by atoms with Gasteiger partial charge in [-0.2, -0.15) is 0 Å². The molecule has 37 heavy (non-hydrogen) atoms. The van der Waals surface area contributed by atoms with Crippen molar-refractivity contribution in [2.24, 2.45) is 5.73 Å². The number of carbonyl (C=O) groups is 2. The van der Waals surface area contributed by atoms with Gasteiger partial charge in [-0.15, -0.1) is 0 Å². The van der Waals surface area contributed by atoms with Gasteiger partial charge >= 0.3 is 0 Å². The first kappa shape index (κ1) is 26.0. The molecule has 0 radical (unpaired) electrons. The van der Waals surface area contributed by atoms with Crippen LogP contribution < -0.4 is 20.1 Å². The Kier molecular flexibility index (Phi) is 7.12. The van der Waals surface area contributed by atoms with Crippen molar-refractivity contribution in [1.82, 2.24) is 0 Å². The lowest BCUT2D eigenvalue weighted by Crippen LogP contribution is -2.25. The summed E-state index contributed by atoms with van der Waals surface area (Å²) in [4.78, 5) is 29.6. The van der Waals surface area contributed by atoms with Gasteiger partial charge in [0, 0.05) is 30.8 Å². The van der Waals surface area contributed by atoms with Crippen LogP contribution in [0.2, 0.25) is 5.02 Å². The molecule has 0 aliphatic carbocycles. The number of rotatable bonds is 7. The Morgan fingerprint density at radius 1 is 1.16 bits per heavy atom. The molecular formula is C26H22ClN3O6S. The number of amides is 2. The van der Waals surface area contributed by atoms with Gasteiger partial charge in [0.2, 0.25) is 17.5 Å². The Bertz CT molecular complexity index is 1560. The molecular weight excluding hydrogens is 518 g/mol. The number of nitrogens with zero attached hydrogens (tertiary/aromatic N) is 2. The number of hydrogen-bond donors (Lipinski definition) is 1. The lowest BCUT2D eigenvalue weighted by Gasteiger charge is -2.19. The number of nitrogens with two attached hydrogens (primary N) is 1. The Morgan fingerprint density at radius 2 is 1.92 bits per heavy atom. The maximum atomic E-state index is 12.9. The van der Waals surface area contributed by atoms with Crippen molar-refractivity contribution in [3.05, 3.63) is 82.2 Å². The minimum Gasteiger partial charge on any atom is -0.494 e. The van der Waals surface area contributed by atoms with Crippen molar-refractivity contribution in [2.75, 3.05) is 24.8 Å². The highest BCUT2D eigenvalue weighted by Gasteiger charge is 2.33. The van der Waals surface area contributed by atoms with E-state index in [1.165, 1.54) is 30.2 Å². The predicted octanol–water partition coefficient (Wildman–Crippen LogP) is 4.71. The van der Waals surface area contributed by atoms with Gasteiger partial charge in [-0.3, -0.25) is 9.59 Å². The first-order valence-corrected chi connectivity index (χ1v) is 13.3. The maximum absolute atomic E-state index is 12.9. The number of primary amides is 1. The number of methoxy groups -OCH3 is 1. The van der Waals surface area contributed by atoms with Gasteiger partial charge in [0.25, 0.3) is 0 Å². The molecule has 0 saturated carbocycles. The molecule has 0 unspecified atom stereocenters. The predicted molar refractivity (Wildman–Crippen MR) is 139 cm³/mol. The summed E-state index contributed by atoms with van der Waals surface area (Å²) in [7, 11) is -2.22. The summed E-state index contributed by atoms with van der Waals surface area (Å²) in [5.74, 6) is -0.442. The Hall–Kier alpha value is -4.07. The molecule has 4 rings (SSSR count). The van der Waals surface area contributed by atoms with Crippen LogP contribution in [0.5, 0.6) is 17.2 Å². The fraction of sp³-hybridized carbons (Fsp3) is 0.192. The van der Waals surface area contributed by atoms with Gasteiger partial charge in [-0.1, -0.05) is 29.8 Å². The van der Waals surface area contributed by atoms with Crippen LogP contribution in [0.4, 0.5) is 11.4 Å². The molecule has 11 heteroatoms. The number of halogens is 1. The number of anilines is 1. The third kappa shape index (κ3) is 5.23. The second-order valence-corrected chi connectivity index (χ2v) is 10.8. The maximum Gasteiger partial charge on any atom is 0.250 e. The zero-order valence-corrected chi connectivity index (χ0v) is 21.5. The van der Waals surface area contributed by atoms with E-state index in [1.54, 1.807) is 36.4 Å². The van der Waals surface area contributed by atoms with Gasteiger partial charge in [0.15, 0.2) is 21.3 Å². The third-order valence-electron chi connectivity index (χ3n) is 6.00. The minimum atomic E-state index is -3.69. The fourth-order valence-electron chi connectivity index (χ4n) is 4.20. The van der Waals surface area contributed by atoms with Crippen molar-refractivity contribution < 1.29 is 27.5 Å². The molecule has 1 aliphatic heterocycles. The van der Waals surface area contributed by atoms with Crippen LogP contribution in [0.25, 0.3) is 4.85 Å². The molecule has 0 spiro atoms. The Labute approximate surface area is 219 Å². The van der Waals surface area contributed by atoms with Crippen LogP contribution in [0.1, 0.15) is 28.3 Å². The zero-order chi connectivity index (χ0) is 26.9. The molecule has 1 aliphatic rings. The average Bonchev–Trinajstić information content (AvgIpc) is 3.25. The van der Waals surface area contributed by atoms with E-state index >= 15 is 0 Å². The number of hydrogen-bond acceptors (Lipinski definition) is 6. The van der Waals surface area contributed by atoms with E-state index in [1.807, 2.05) is 0 Å². The summed E-state index contributed by atoms with van der Waals surface area (Å²) in [5.41, 5.74) is 6.63. The van der Waals surface area contributed by atoms with Crippen molar-refractivity contribution in [2.45, 2.75) is 17.2 Å². The molecule has 1 atom stereocenters. The van der Waals surface area contributed by atoms with E-state index < -0.39 is 15.7 Å². The summed E-state index contributed by atoms with van der Waals surface area (Å²) in [6.07, 6.45) is 1.15. The lowest BCUT2D eigenvalue weighted by molar-refractivity contribution is -0.117. The van der Waals surface area contributed by atoms with E-state index in [9.17, 15) is 18.0 Å². The first-order valence-electron chi connectivity index (χ1n) is 11.0. The van der Waals surface area contributed by atoms with Gasteiger partial charge < -0.3 is 20.1 Å². The smallest absolute Gasteiger partial charge is 0.250 e. The Morgan fingerprint density at radius 3 is 2.57 bits per heavy atom. The number of benzene rings is 3. The third-order valence-corrected chi connectivity index (χ3v) is 7.47. The normalized spacial score (nSPS) is 15.4. The highest BCUT2D eigenvalue weighted by molar-refractivity contribution is 7.90. The summed E-state index contributed by atoms with van der Waals surface area (Å²) >= 11 is 6.38. The van der Waals surface area contributed by atoms with Gasteiger partial charge in [0.1, 0.15) is 5.75 Å². The molecule has 2 N–H and O–H groups in total. The van der Waals surface area contributed by atoms with E-state index in [0.29, 0.717) is 22.2 Å². The van der Waals surface area contributed by atoms with Gasteiger partial charge in [-0.05, 0) is 42.0 Å². The molecule has 1 heterocycles. The highest BCUT2D eigenvalue weighted by Crippen LogP contribution is 2.43. The van der Waals surface area contributed by atoms with Gasteiger partial charge in [0.05, 0.1) is 29.2 Å². The van der Waals surface area contributed by atoms with Crippen LogP contribution >= 0.6 is 11.6 Å². The fourth-order valence-corrected chi connectivity index (χ4v) is 5.23. The molecule has 3 aromatic carbocycles. The first-order chi connectivity index (χ1) is 17.5. The van der Waals surface area contributed by atoms with E-state index in [2.05, 4.69) is 4.85 Å². The molecule has 3 aromatic rings. The van der Waals surface area contributed by atoms with E-state index in [0.717, 1.165) is 11.8 Å². The standard InChI is InChI=1S/C26H22ClN3O6S/c1-29-20-5-4-6-21(35-2)25(20)36-22-11-15(7-9-19(22)27)16-12-24(31)30(14-16)17-8-10-23(37(3,33)34)18(13-17)26(28)32/h4-11,13,16H,12,14H2,2-3H3,(H2,28,32)/t16-/m0/s1. The molecule has 0 aromatic heterocycles. The summed E-state index contributed by atoms with van der Waals surface area (Å²) in [6, 6.07) is 14.2. The van der Waals surface area contributed by atoms with Crippen molar-refractivity contribution in [3.63, 3.8) is 0 Å². The molecule has 2 amide bonds. The lowest BCUT2D eigenvalue weighted by atomic mass is 9.98. The van der Waals surface area contributed by atoms with Crippen LogP contribution in [0, 0.1) is 6.57 Å². The average molecular weight is 540 g/mol. The van der Waals surface area contributed by atoms with Crippen LogP contribution in [0.3, 0.4) is 0 Å². The molecule has 0 bridgehead atoms. The van der Waals surface area contributed by atoms with Crippen molar-refractivity contribution in [1.29, 1.82) is 0 Å². The summed E-state index contributed by atoms with van der Waals surface area (Å²) < 4.78 is 35.4. The van der Waals surface area contributed by atoms with E-state index in [4.69, 9.17) is 33.4 Å². The quantitative estimate of drug-likeness (QED) is 0.434. The number of carbonyl (C=O) groups excluding carboxylic acids is 2. The SMILES string of the molecule is [C-]#[N+]c1cccc(OC)c1Oc1cc([C@H]2CC(=O)N(c3ccc(S(C)(=O)=O)c(C(N)=O)c3)C2)ccc1Cl. The van der Waals surface area contributed by atoms with Crippen LogP contribution in [-0.4, -0.2) is 40.1 Å². The van der Waals surface area contributed by atoms with Crippen LogP contribution in [0.15, 0.2) is 59.5 Å². The summed E-state index contributed by atoms with van der Waals surface area (Å²) in [6.45, 7) is 7.70. The largest absolute Gasteiger partial charge is 0.494 e. The number of para-hydroxylation sites is 1. The van der Waals surface area contributed by atoms with Crippen molar-refractivity contribution in [3.8, 4) is 17.2 Å². The number of sulfone groups is 1. The molecule has 1 saturated heterocycles. The topological polar surface area (TPSA) is 120 Å². The van der Waals surface area contributed by atoms with Crippen LogP contribution in [-0.2, 0) is 14.6 Å². The molecule has 190 valence electrons. The minimum absolute atomic E-state index is 0.169. The highest BCUT2D eigenvalue weighted by atomic mass is 35.5. The molecule has 1 fully saturated rings. The Balaban J connectivity index is 1.64. The summed E-state index contributed by atoms with van der Waals surface area (Å²) in [5, 5.41) is 0.314. The zero-order valence-electron chi connectivity index (χ0n) is 19.9. The van der Waals surface area contributed by atoms with Gasteiger partial charge in [-0.25, -0.2) is 13.3 Å². The second kappa shape index (κ2) is 10.1. The van der Waals surface area contributed by atoms with E-state index in [-0.39, 0.29) is 46.7 Å². The molecule has 9 nitrogen and oxygen atoms in total. The van der Waals surface area contributed by atoms with Crippen molar-refractivity contribution >= 4 is 44.6 Å². The second-order valence-electron chi connectivity index (χ2n) is 8.43. The number of ether oxygens (including phenoxy) is 2.